The molecule has 9 aromatic rings. The van der Waals surface area contributed by atoms with E-state index in [1.807, 2.05) is 11.3 Å². The quantitative estimate of drug-likeness (QED) is 0.147. The number of para-hydroxylation sites is 3. The SMILES string of the molecule is CC12C(c3ccccc3N(c3ccccc3-c3cccc4c3sc3ccccc34)c3ccccc3-c3cccc4cccc(C5CCCCC5)c34)=CC=CC1C(C)(c1ccccc1)C1C=CC=CC12. The van der Waals surface area contributed by atoms with Gasteiger partial charge in [0.25, 0.3) is 0 Å². The van der Waals surface area contributed by atoms with Gasteiger partial charge in [0.05, 0.1) is 17.1 Å². The molecule has 4 aliphatic carbocycles. The molecule has 0 aliphatic heterocycles. The van der Waals surface area contributed by atoms with Gasteiger partial charge in [-0.1, -0.05) is 233 Å². The van der Waals surface area contributed by atoms with E-state index in [1.54, 1.807) is 0 Å². The third kappa shape index (κ3) is 6.55. The topological polar surface area (TPSA) is 3.24 Å². The molecule has 0 radical (unpaired) electrons. The molecule has 0 saturated heterocycles. The number of allylic oxidation sites excluding steroid dienone is 8. The highest BCUT2D eigenvalue weighted by Crippen LogP contribution is 2.69. The maximum Gasteiger partial charge on any atom is 0.0541 e. The number of fused-ring (bicyclic) bond motifs is 7. The van der Waals surface area contributed by atoms with Gasteiger partial charge in [-0.15, -0.1) is 11.3 Å². The summed E-state index contributed by atoms with van der Waals surface area (Å²) >= 11 is 1.91. The maximum atomic E-state index is 2.64. The zero-order valence-corrected chi connectivity index (χ0v) is 40.4. The van der Waals surface area contributed by atoms with Crippen LogP contribution in [0.4, 0.5) is 17.1 Å². The van der Waals surface area contributed by atoms with E-state index in [9.17, 15) is 0 Å². The molecule has 1 nitrogen and oxygen atoms in total. The van der Waals surface area contributed by atoms with Crippen LogP contribution in [0.15, 0.2) is 225 Å². The maximum absolute atomic E-state index is 2.64. The summed E-state index contributed by atoms with van der Waals surface area (Å²) in [6, 6.07) is 69.1. The fourth-order valence-electron chi connectivity index (χ4n) is 13.9. The van der Waals surface area contributed by atoms with Crippen molar-refractivity contribution in [2.75, 3.05) is 4.90 Å². The minimum Gasteiger partial charge on any atom is -0.309 e. The van der Waals surface area contributed by atoms with E-state index in [0.29, 0.717) is 17.8 Å². The molecule has 13 rings (SSSR count). The van der Waals surface area contributed by atoms with Crippen LogP contribution in [0.3, 0.4) is 0 Å². The third-order valence-electron chi connectivity index (χ3n) is 17.0. The van der Waals surface area contributed by atoms with Gasteiger partial charge in [-0.3, -0.25) is 0 Å². The number of rotatable bonds is 8. The van der Waals surface area contributed by atoms with Crippen LogP contribution < -0.4 is 4.90 Å². The minimum atomic E-state index is -0.209. The first-order valence-corrected chi connectivity index (χ1v) is 26.1. The van der Waals surface area contributed by atoms with Crippen molar-refractivity contribution in [1.29, 1.82) is 0 Å². The van der Waals surface area contributed by atoms with Crippen molar-refractivity contribution < 1.29 is 0 Å². The van der Waals surface area contributed by atoms with Gasteiger partial charge in [-0.05, 0) is 93.8 Å². The molecule has 2 heteroatoms. The summed E-state index contributed by atoms with van der Waals surface area (Å²) < 4.78 is 2.64. The summed E-state index contributed by atoms with van der Waals surface area (Å²) in [7, 11) is 0. The molecule has 0 spiro atoms. The van der Waals surface area contributed by atoms with E-state index < -0.39 is 0 Å². The fourth-order valence-corrected chi connectivity index (χ4v) is 15.1. The summed E-state index contributed by atoms with van der Waals surface area (Å²) in [5.41, 5.74) is 13.8. The van der Waals surface area contributed by atoms with E-state index >= 15 is 0 Å². The molecule has 8 aromatic carbocycles. The summed E-state index contributed by atoms with van der Waals surface area (Å²) in [4.78, 5) is 2.64. The van der Waals surface area contributed by atoms with E-state index in [-0.39, 0.29) is 16.7 Å². The van der Waals surface area contributed by atoms with Crippen LogP contribution in [-0.4, -0.2) is 0 Å². The Kier molecular flexibility index (Phi) is 10.3. The molecule has 5 atom stereocenters. The van der Waals surface area contributed by atoms with Crippen molar-refractivity contribution in [2.24, 2.45) is 23.2 Å². The van der Waals surface area contributed by atoms with Crippen LogP contribution in [0.1, 0.15) is 68.6 Å². The molecule has 0 N–H and O–H groups in total. The lowest BCUT2D eigenvalue weighted by molar-refractivity contribution is 0.277. The van der Waals surface area contributed by atoms with Gasteiger partial charge in [-0.25, -0.2) is 0 Å². The predicted molar refractivity (Wildman–Crippen MR) is 296 cm³/mol. The zero-order chi connectivity index (χ0) is 46.1. The van der Waals surface area contributed by atoms with Gasteiger partial charge >= 0.3 is 0 Å². The molecule has 5 unspecified atom stereocenters. The van der Waals surface area contributed by atoms with Crippen molar-refractivity contribution >= 4 is 64.9 Å². The molecule has 0 bridgehead atoms. The van der Waals surface area contributed by atoms with E-state index in [0.717, 1.165) is 0 Å². The first-order valence-electron chi connectivity index (χ1n) is 25.3. The molecule has 0 amide bonds. The van der Waals surface area contributed by atoms with Gasteiger partial charge in [-0.2, -0.15) is 0 Å². The molecule has 1 heterocycles. The monoisotopic (exact) mass is 907 g/mol. The van der Waals surface area contributed by atoms with Crippen LogP contribution in [0.2, 0.25) is 0 Å². The second-order valence-electron chi connectivity index (χ2n) is 20.4. The van der Waals surface area contributed by atoms with Crippen LogP contribution in [0, 0.1) is 23.2 Å². The third-order valence-corrected chi connectivity index (χ3v) is 18.3. The molecule has 4 aliphatic rings. The average molecular weight is 908 g/mol. The molecular formula is C67H57NS. The number of anilines is 3. The Bertz CT molecular complexity index is 3560. The Morgan fingerprint density at radius 3 is 1.78 bits per heavy atom. The normalized spacial score (nSPS) is 23.0. The van der Waals surface area contributed by atoms with Crippen LogP contribution in [-0.2, 0) is 5.41 Å². The van der Waals surface area contributed by atoms with Crippen molar-refractivity contribution in [1.82, 2.24) is 0 Å². The van der Waals surface area contributed by atoms with Crippen molar-refractivity contribution in [3.8, 4) is 22.3 Å². The first kappa shape index (κ1) is 42.1. The number of benzene rings is 8. The Morgan fingerprint density at radius 2 is 1.03 bits per heavy atom. The fraction of sp³-hybridized carbons (Fsp3) is 0.194. The van der Waals surface area contributed by atoms with Gasteiger partial charge < -0.3 is 4.90 Å². The highest BCUT2D eigenvalue weighted by atomic mass is 32.1. The number of hydrogen-bond donors (Lipinski definition) is 0. The van der Waals surface area contributed by atoms with Crippen molar-refractivity contribution in [3.05, 3.63) is 241 Å². The Morgan fingerprint density at radius 1 is 0.464 bits per heavy atom. The van der Waals surface area contributed by atoms with E-state index in [1.165, 1.54) is 125 Å². The summed E-state index contributed by atoms with van der Waals surface area (Å²) in [5.74, 6) is 1.46. The summed E-state index contributed by atoms with van der Waals surface area (Å²) in [5, 5.41) is 5.35. The van der Waals surface area contributed by atoms with Crippen LogP contribution >= 0.6 is 11.3 Å². The lowest BCUT2D eigenvalue weighted by atomic mass is 9.60. The van der Waals surface area contributed by atoms with Gasteiger partial charge in [0.1, 0.15) is 0 Å². The van der Waals surface area contributed by atoms with E-state index in [2.05, 4.69) is 243 Å². The Hall–Kier alpha value is -7.00. The zero-order valence-electron chi connectivity index (χ0n) is 39.6. The molecule has 336 valence electrons. The average Bonchev–Trinajstić information content (AvgIpc) is 3.90. The second kappa shape index (κ2) is 16.9. The smallest absolute Gasteiger partial charge is 0.0541 e. The lowest BCUT2D eigenvalue weighted by Gasteiger charge is -2.44. The predicted octanol–water partition coefficient (Wildman–Crippen LogP) is 19.0. The standard InChI is InChI=1S/C67H57NS/c1-66(47-27-7-4-8-28-47)57-37-13-14-38-58(57)67(2)56(39-22-44-63(66)67)55-32-11-17-42-61(55)68(60-41-16-10-30-50(60)53-35-21-36-54-51-31-12-18-43-62(51)69-65(53)54)59-40-15-9-29-49(59)52-34-20-26-46-25-19-33-48(64(46)52)45-23-5-3-6-24-45/h4,7-22,25-45,57-58,63H,3,5-6,23-24H2,1-2H3. The van der Waals surface area contributed by atoms with Crippen LogP contribution in [0.25, 0.3) is 58.8 Å². The van der Waals surface area contributed by atoms with Gasteiger partial charge in [0, 0.05) is 53.3 Å². The lowest BCUT2D eigenvalue weighted by Crippen LogP contribution is -2.37. The minimum absolute atomic E-state index is 0.112. The van der Waals surface area contributed by atoms with Crippen molar-refractivity contribution in [2.45, 2.75) is 57.3 Å². The van der Waals surface area contributed by atoms with Crippen molar-refractivity contribution in [3.63, 3.8) is 0 Å². The van der Waals surface area contributed by atoms with E-state index in [4.69, 9.17) is 0 Å². The van der Waals surface area contributed by atoms with Crippen LogP contribution in [0.5, 0.6) is 0 Å². The molecule has 69 heavy (non-hydrogen) atoms. The highest BCUT2D eigenvalue weighted by molar-refractivity contribution is 7.26. The number of thiophene rings is 1. The summed E-state index contributed by atoms with van der Waals surface area (Å²) in [6.07, 6.45) is 23.5. The largest absolute Gasteiger partial charge is 0.309 e. The van der Waals surface area contributed by atoms with Gasteiger partial charge in [0.15, 0.2) is 0 Å². The molecular weight excluding hydrogens is 851 g/mol. The molecule has 2 fully saturated rings. The summed E-state index contributed by atoms with van der Waals surface area (Å²) in [6.45, 7) is 5.12. The Balaban J connectivity index is 1.07. The first-order chi connectivity index (χ1) is 34.0. The second-order valence-corrected chi connectivity index (χ2v) is 21.5. The number of hydrogen-bond acceptors (Lipinski definition) is 2. The number of nitrogens with zero attached hydrogens (tertiary/aromatic N) is 1. The molecule has 1 aromatic heterocycles. The molecule has 2 saturated carbocycles. The highest BCUT2D eigenvalue weighted by Gasteiger charge is 2.63. The Labute approximate surface area is 411 Å². The van der Waals surface area contributed by atoms with Gasteiger partial charge in [0.2, 0.25) is 0 Å².